The highest BCUT2D eigenvalue weighted by Crippen LogP contribution is 2.13. The van der Waals surface area contributed by atoms with Gasteiger partial charge in [-0.3, -0.25) is 9.79 Å². The summed E-state index contributed by atoms with van der Waals surface area (Å²) >= 11 is 1.81. The molecule has 0 spiro atoms. The summed E-state index contributed by atoms with van der Waals surface area (Å²) in [5, 5.41) is 8.86. The molecule has 1 aromatic carbocycles. The van der Waals surface area contributed by atoms with Crippen molar-refractivity contribution in [3.05, 3.63) is 57.8 Å². The van der Waals surface area contributed by atoms with E-state index in [1.54, 1.807) is 18.4 Å². The van der Waals surface area contributed by atoms with Crippen molar-refractivity contribution in [2.24, 2.45) is 10.9 Å². The maximum Gasteiger partial charge on any atom is 0.253 e. The summed E-state index contributed by atoms with van der Waals surface area (Å²) in [6.45, 7) is 9.23. The highest BCUT2D eigenvalue weighted by Gasteiger charge is 2.12. The van der Waals surface area contributed by atoms with Crippen molar-refractivity contribution in [1.82, 2.24) is 15.5 Å². The van der Waals surface area contributed by atoms with Crippen LogP contribution in [0.15, 0.2) is 46.8 Å². The van der Waals surface area contributed by atoms with Gasteiger partial charge in [-0.2, -0.15) is 0 Å². The molecule has 1 atom stereocenters. The molecular weight excluding hydrogens is 368 g/mol. The van der Waals surface area contributed by atoms with Crippen LogP contribution in [-0.2, 0) is 13.0 Å². The molecular formula is C22H32N4OS. The molecule has 5 nitrogen and oxygen atoms in total. The third-order valence-corrected chi connectivity index (χ3v) is 5.58. The van der Waals surface area contributed by atoms with E-state index in [9.17, 15) is 4.79 Å². The first-order chi connectivity index (χ1) is 13.6. The lowest BCUT2D eigenvalue weighted by atomic mass is 10.1. The van der Waals surface area contributed by atoms with Crippen molar-refractivity contribution in [3.63, 3.8) is 0 Å². The molecule has 0 bridgehead atoms. The maximum absolute atomic E-state index is 12.4. The second-order valence-electron chi connectivity index (χ2n) is 6.87. The number of rotatable bonds is 9. The summed E-state index contributed by atoms with van der Waals surface area (Å²) in [7, 11) is 1.78. The summed E-state index contributed by atoms with van der Waals surface area (Å²) in [5.41, 5.74) is 1.85. The number of nitrogens with one attached hydrogen (secondary N) is 2. The Morgan fingerprint density at radius 2 is 1.86 bits per heavy atom. The quantitative estimate of drug-likeness (QED) is 0.498. The fourth-order valence-corrected chi connectivity index (χ4v) is 3.85. The van der Waals surface area contributed by atoms with E-state index in [4.69, 9.17) is 0 Å². The Hall–Kier alpha value is -2.34. The number of nitrogens with zero attached hydrogens (tertiary/aromatic N) is 2. The second-order valence-corrected chi connectivity index (χ2v) is 7.90. The summed E-state index contributed by atoms with van der Waals surface area (Å²) < 4.78 is 0. The number of hydrogen-bond acceptors (Lipinski definition) is 3. The van der Waals surface area contributed by atoms with E-state index in [0.29, 0.717) is 12.5 Å². The minimum absolute atomic E-state index is 0.0849. The highest BCUT2D eigenvalue weighted by molar-refractivity contribution is 7.09. The van der Waals surface area contributed by atoms with E-state index in [1.807, 2.05) is 43.0 Å². The Morgan fingerprint density at radius 3 is 2.43 bits per heavy atom. The van der Waals surface area contributed by atoms with Crippen LogP contribution in [0.2, 0.25) is 0 Å². The average molecular weight is 401 g/mol. The Morgan fingerprint density at radius 1 is 1.14 bits per heavy atom. The van der Waals surface area contributed by atoms with Gasteiger partial charge < -0.3 is 15.5 Å². The van der Waals surface area contributed by atoms with Gasteiger partial charge in [0.05, 0.1) is 0 Å². The lowest BCUT2D eigenvalue weighted by Gasteiger charge is -2.19. The van der Waals surface area contributed by atoms with Crippen LogP contribution in [0.5, 0.6) is 0 Å². The van der Waals surface area contributed by atoms with Gasteiger partial charge in [-0.1, -0.05) is 25.1 Å². The predicted molar refractivity (Wildman–Crippen MR) is 119 cm³/mol. The molecule has 2 aromatic rings. The minimum Gasteiger partial charge on any atom is -0.356 e. The van der Waals surface area contributed by atoms with Crippen LogP contribution < -0.4 is 10.6 Å². The molecule has 0 aliphatic carbocycles. The number of carbonyl (C=O) groups is 1. The smallest absolute Gasteiger partial charge is 0.253 e. The molecule has 1 heterocycles. The van der Waals surface area contributed by atoms with E-state index in [1.165, 1.54) is 4.88 Å². The topological polar surface area (TPSA) is 56.7 Å². The van der Waals surface area contributed by atoms with Gasteiger partial charge in [0.25, 0.3) is 5.91 Å². The van der Waals surface area contributed by atoms with Crippen molar-refractivity contribution in [2.45, 2.75) is 33.7 Å². The Bertz CT molecular complexity index is 736. The first-order valence-electron chi connectivity index (χ1n) is 9.92. The number of aliphatic imine (C=N–C) groups is 1. The highest BCUT2D eigenvalue weighted by atomic mass is 32.1. The third kappa shape index (κ3) is 6.68. The zero-order valence-corrected chi connectivity index (χ0v) is 18.2. The Balaban J connectivity index is 1.80. The standard InChI is InChI=1S/C22H32N4OS/c1-5-26(6-2)21(27)19-11-9-18(10-12-19)16-25-22(23-4)24-15-17(3)14-20-8-7-13-28-20/h7-13,17H,5-6,14-16H2,1-4H3,(H2,23,24,25). The lowest BCUT2D eigenvalue weighted by Crippen LogP contribution is -2.39. The summed E-state index contributed by atoms with van der Waals surface area (Å²) in [6, 6.07) is 12.1. The second kappa shape index (κ2) is 11.5. The van der Waals surface area contributed by atoms with Crippen molar-refractivity contribution >= 4 is 23.2 Å². The van der Waals surface area contributed by atoms with Crippen molar-refractivity contribution in [1.29, 1.82) is 0 Å². The van der Waals surface area contributed by atoms with Crippen molar-refractivity contribution in [3.8, 4) is 0 Å². The van der Waals surface area contributed by atoms with Crippen LogP contribution >= 0.6 is 11.3 Å². The average Bonchev–Trinajstić information content (AvgIpc) is 3.22. The number of hydrogen-bond donors (Lipinski definition) is 2. The molecule has 6 heteroatoms. The van der Waals surface area contributed by atoms with Gasteiger partial charge in [0.15, 0.2) is 5.96 Å². The number of amides is 1. The molecule has 0 aliphatic rings. The van der Waals surface area contributed by atoms with Gasteiger partial charge >= 0.3 is 0 Å². The molecule has 1 amide bonds. The SMILES string of the molecule is CCN(CC)C(=O)c1ccc(CNC(=NC)NCC(C)Cc2cccs2)cc1. The van der Waals surface area contributed by atoms with Gasteiger partial charge in [-0.05, 0) is 55.3 Å². The summed E-state index contributed by atoms with van der Waals surface area (Å²) in [6.07, 6.45) is 1.07. The van der Waals surface area contributed by atoms with Gasteiger partial charge in [0, 0.05) is 43.7 Å². The molecule has 152 valence electrons. The van der Waals surface area contributed by atoms with Crippen LogP contribution in [0.4, 0.5) is 0 Å². The van der Waals surface area contributed by atoms with Crippen LogP contribution in [0, 0.1) is 5.92 Å². The molecule has 0 saturated heterocycles. The molecule has 2 N–H and O–H groups in total. The Kier molecular flexibility index (Phi) is 9.01. The fraction of sp³-hybridized carbons (Fsp3) is 0.455. The van der Waals surface area contributed by atoms with Crippen LogP contribution in [0.1, 0.15) is 41.6 Å². The number of benzene rings is 1. The molecule has 0 fully saturated rings. The third-order valence-electron chi connectivity index (χ3n) is 4.68. The minimum atomic E-state index is 0.0849. The number of thiophene rings is 1. The molecule has 0 saturated carbocycles. The zero-order chi connectivity index (χ0) is 20.4. The first-order valence-corrected chi connectivity index (χ1v) is 10.8. The van der Waals surface area contributed by atoms with Gasteiger partial charge in [0.1, 0.15) is 0 Å². The van der Waals surface area contributed by atoms with Gasteiger partial charge in [-0.15, -0.1) is 11.3 Å². The summed E-state index contributed by atoms with van der Waals surface area (Å²) in [4.78, 5) is 19.9. The lowest BCUT2D eigenvalue weighted by molar-refractivity contribution is 0.0773. The van der Waals surface area contributed by atoms with E-state index >= 15 is 0 Å². The predicted octanol–water partition coefficient (Wildman–Crippen LogP) is 3.77. The van der Waals surface area contributed by atoms with Crippen molar-refractivity contribution < 1.29 is 4.79 Å². The molecule has 1 aromatic heterocycles. The van der Waals surface area contributed by atoms with E-state index in [-0.39, 0.29) is 5.91 Å². The largest absolute Gasteiger partial charge is 0.356 e. The number of guanidine groups is 1. The van der Waals surface area contributed by atoms with Gasteiger partial charge in [-0.25, -0.2) is 0 Å². The number of carbonyl (C=O) groups excluding carboxylic acids is 1. The molecule has 0 aliphatic heterocycles. The first kappa shape index (κ1) is 22.0. The van der Waals surface area contributed by atoms with Crippen LogP contribution in [0.25, 0.3) is 0 Å². The monoisotopic (exact) mass is 400 g/mol. The van der Waals surface area contributed by atoms with Crippen LogP contribution in [-0.4, -0.2) is 43.4 Å². The normalized spacial score (nSPS) is 12.5. The van der Waals surface area contributed by atoms with E-state index in [0.717, 1.165) is 43.1 Å². The van der Waals surface area contributed by atoms with Gasteiger partial charge in [0.2, 0.25) is 0 Å². The van der Waals surface area contributed by atoms with Crippen LogP contribution in [0.3, 0.4) is 0 Å². The van der Waals surface area contributed by atoms with Crippen molar-refractivity contribution in [2.75, 3.05) is 26.7 Å². The molecule has 28 heavy (non-hydrogen) atoms. The Labute approximate surface area is 172 Å². The zero-order valence-electron chi connectivity index (χ0n) is 17.4. The summed E-state index contributed by atoms with van der Waals surface area (Å²) in [5.74, 6) is 1.41. The molecule has 1 unspecified atom stereocenters. The fourth-order valence-electron chi connectivity index (χ4n) is 2.98. The molecule has 2 rings (SSSR count). The van der Waals surface area contributed by atoms with E-state index in [2.05, 4.69) is 40.1 Å². The maximum atomic E-state index is 12.4. The molecule has 0 radical (unpaired) electrons. The van der Waals surface area contributed by atoms with E-state index < -0.39 is 0 Å².